The van der Waals surface area contributed by atoms with Gasteiger partial charge < -0.3 is 5.32 Å². The third-order valence-electron chi connectivity index (χ3n) is 2.30. The second-order valence-electron chi connectivity index (χ2n) is 3.61. The molecule has 0 aromatic rings. The van der Waals surface area contributed by atoms with Crippen molar-refractivity contribution in [1.82, 2.24) is 9.62 Å². The van der Waals surface area contributed by atoms with Crippen molar-refractivity contribution in [3.63, 3.8) is 0 Å². The average Bonchev–Trinajstić information content (AvgIpc) is 2.15. The summed E-state index contributed by atoms with van der Waals surface area (Å²) in [5.41, 5.74) is 0. The topological polar surface area (TPSA) is 49.4 Å². The van der Waals surface area contributed by atoms with E-state index in [-0.39, 0.29) is 11.8 Å². The summed E-state index contributed by atoms with van der Waals surface area (Å²) >= 11 is 0. The fourth-order valence-corrected chi connectivity index (χ4v) is 3.05. The molecule has 1 rings (SSSR count). The van der Waals surface area contributed by atoms with Gasteiger partial charge in [-0.3, -0.25) is 0 Å². The summed E-state index contributed by atoms with van der Waals surface area (Å²) in [6.45, 7) is 7.44. The Morgan fingerprint density at radius 1 is 1.64 bits per heavy atom. The number of hydrogen-bond donors (Lipinski definition) is 1. The molecule has 0 radical (unpaired) electrons. The zero-order valence-corrected chi connectivity index (χ0v) is 9.39. The Morgan fingerprint density at radius 2 is 2.36 bits per heavy atom. The van der Waals surface area contributed by atoms with Crippen LogP contribution in [-0.2, 0) is 10.0 Å². The van der Waals surface area contributed by atoms with Gasteiger partial charge in [0.05, 0.1) is 5.75 Å². The van der Waals surface area contributed by atoms with Gasteiger partial charge in [-0.25, -0.2) is 8.42 Å². The van der Waals surface area contributed by atoms with Crippen molar-refractivity contribution in [3.8, 4) is 0 Å². The second kappa shape index (κ2) is 4.91. The molecule has 1 saturated heterocycles. The molecule has 1 aliphatic rings. The molecule has 0 aromatic carbocycles. The Hall–Kier alpha value is -0.390. The van der Waals surface area contributed by atoms with Gasteiger partial charge in [-0.05, 0) is 13.3 Å². The van der Waals surface area contributed by atoms with Gasteiger partial charge in [0.1, 0.15) is 0 Å². The lowest BCUT2D eigenvalue weighted by Gasteiger charge is -2.30. The van der Waals surface area contributed by atoms with Crippen LogP contribution in [0.1, 0.15) is 13.3 Å². The highest BCUT2D eigenvalue weighted by atomic mass is 32.2. The van der Waals surface area contributed by atoms with Crippen LogP contribution in [0.3, 0.4) is 0 Å². The van der Waals surface area contributed by atoms with Gasteiger partial charge in [-0.15, -0.1) is 6.58 Å². The Labute approximate surface area is 86.0 Å². The minimum Gasteiger partial charge on any atom is -0.312 e. The van der Waals surface area contributed by atoms with Crippen LogP contribution in [0.25, 0.3) is 0 Å². The van der Waals surface area contributed by atoms with Crippen LogP contribution in [0, 0.1) is 0 Å². The van der Waals surface area contributed by atoms with E-state index in [1.165, 1.54) is 0 Å². The Bertz CT molecular complexity index is 287. The average molecular weight is 218 g/mol. The minimum absolute atomic E-state index is 0.184. The number of hydrogen-bond acceptors (Lipinski definition) is 3. The van der Waals surface area contributed by atoms with Gasteiger partial charge in [-0.1, -0.05) is 6.08 Å². The maximum absolute atomic E-state index is 11.7. The van der Waals surface area contributed by atoms with E-state index in [9.17, 15) is 8.42 Å². The van der Waals surface area contributed by atoms with Crippen molar-refractivity contribution >= 4 is 10.0 Å². The summed E-state index contributed by atoms with van der Waals surface area (Å²) in [4.78, 5) is 0. The lowest BCUT2D eigenvalue weighted by Crippen LogP contribution is -2.51. The molecule has 0 aromatic heterocycles. The van der Waals surface area contributed by atoms with E-state index in [1.54, 1.807) is 10.4 Å². The van der Waals surface area contributed by atoms with Crippen molar-refractivity contribution in [2.45, 2.75) is 19.4 Å². The first-order valence-corrected chi connectivity index (χ1v) is 6.49. The number of piperazine rings is 1. The summed E-state index contributed by atoms with van der Waals surface area (Å²) in [7, 11) is -3.06. The van der Waals surface area contributed by atoms with Gasteiger partial charge in [-0.2, -0.15) is 4.31 Å². The highest BCUT2D eigenvalue weighted by molar-refractivity contribution is 7.89. The quantitative estimate of drug-likeness (QED) is 0.685. The third-order valence-corrected chi connectivity index (χ3v) is 4.17. The standard InChI is InChI=1S/C9H18N2O2S/c1-3-4-7-14(12,13)11-6-5-10-9(2)8-11/h3,9-10H,1,4-8H2,2H3. The molecule has 0 saturated carbocycles. The number of allylic oxidation sites excluding steroid dienone is 1. The van der Waals surface area contributed by atoms with E-state index in [0.717, 1.165) is 6.54 Å². The van der Waals surface area contributed by atoms with Crippen molar-refractivity contribution in [2.75, 3.05) is 25.4 Å². The predicted molar refractivity (Wildman–Crippen MR) is 57.6 cm³/mol. The lowest BCUT2D eigenvalue weighted by atomic mass is 10.3. The molecule has 1 N–H and O–H groups in total. The normalized spacial score (nSPS) is 24.8. The van der Waals surface area contributed by atoms with E-state index < -0.39 is 10.0 Å². The monoisotopic (exact) mass is 218 g/mol. The highest BCUT2D eigenvalue weighted by Crippen LogP contribution is 2.07. The van der Waals surface area contributed by atoms with E-state index in [2.05, 4.69) is 11.9 Å². The number of nitrogens with one attached hydrogen (secondary N) is 1. The molecule has 1 aliphatic heterocycles. The molecule has 0 bridgehead atoms. The molecule has 0 amide bonds. The summed E-state index contributed by atoms with van der Waals surface area (Å²) in [5.74, 6) is 0.184. The first-order valence-electron chi connectivity index (χ1n) is 4.88. The molecular formula is C9H18N2O2S. The van der Waals surface area contributed by atoms with E-state index >= 15 is 0 Å². The molecule has 1 atom stereocenters. The number of sulfonamides is 1. The van der Waals surface area contributed by atoms with Crippen molar-refractivity contribution in [3.05, 3.63) is 12.7 Å². The minimum atomic E-state index is -3.06. The summed E-state index contributed by atoms with van der Waals surface area (Å²) in [6, 6.07) is 0.252. The second-order valence-corrected chi connectivity index (χ2v) is 5.70. The van der Waals surface area contributed by atoms with Gasteiger partial charge in [0.2, 0.25) is 10.0 Å². The van der Waals surface area contributed by atoms with Crippen LogP contribution < -0.4 is 5.32 Å². The van der Waals surface area contributed by atoms with E-state index in [4.69, 9.17) is 0 Å². The first-order chi connectivity index (χ1) is 6.56. The first kappa shape index (κ1) is 11.7. The van der Waals surface area contributed by atoms with Crippen molar-refractivity contribution < 1.29 is 8.42 Å². The van der Waals surface area contributed by atoms with E-state index in [1.807, 2.05) is 6.92 Å². The van der Waals surface area contributed by atoms with Crippen LogP contribution >= 0.6 is 0 Å². The Balaban J connectivity index is 2.57. The smallest absolute Gasteiger partial charge is 0.214 e. The molecule has 82 valence electrons. The zero-order valence-electron chi connectivity index (χ0n) is 8.57. The number of rotatable bonds is 4. The third kappa shape index (κ3) is 3.08. The fraction of sp³-hybridized carbons (Fsp3) is 0.778. The molecule has 0 spiro atoms. The molecule has 1 fully saturated rings. The van der Waals surface area contributed by atoms with Gasteiger partial charge in [0, 0.05) is 25.7 Å². The molecule has 14 heavy (non-hydrogen) atoms. The van der Waals surface area contributed by atoms with Crippen molar-refractivity contribution in [2.24, 2.45) is 0 Å². The van der Waals surface area contributed by atoms with Crippen molar-refractivity contribution in [1.29, 1.82) is 0 Å². The summed E-state index contributed by atoms with van der Waals surface area (Å²) in [6.07, 6.45) is 2.17. The zero-order chi connectivity index (χ0) is 10.6. The van der Waals surface area contributed by atoms with E-state index in [0.29, 0.717) is 19.5 Å². The summed E-state index contributed by atoms with van der Waals surface area (Å²) < 4.78 is 25.0. The van der Waals surface area contributed by atoms with Crippen LogP contribution in [0.5, 0.6) is 0 Å². The molecular weight excluding hydrogens is 200 g/mol. The van der Waals surface area contributed by atoms with Crippen LogP contribution in [-0.4, -0.2) is 44.2 Å². The SMILES string of the molecule is C=CCCS(=O)(=O)N1CCNC(C)C1. The molecule has 4 nitrogen and oxygen atoms in total. The predicted octanol–water partition coefficient (Wildman–Crippen LogP) is 0.186. The van der Waals surface area contributed by atoms with Crippen LogP contribution in [0.15, 0.2) is 12.7 Å². The summed E-state index contributed by atoms with van der Waals surface area (Å²) in [5, 5.41) is 3.21. The molecule has 1 unspecified atom stereocenters. The largest absolute Gasteiger partial charge is 0.312 e. The highest BCUT2D eigenvalue weighted by Gasteiger charge is 2.25. The van der Waals surface area contributed by atoms with Gasteiger partial charge >= 0.3 is 0 Å². The molecule has 0 aliphatic carbocycles. The van der Waals surface area contributed by atoms with Gasteiger partial charge in [0.15, 0.2) is 0 Å². The van der Waals surface area contributed by atoms with Gasteiger partial charge in [0.25, 0.3) is 0 Å². The maximum Gasteiger partial charge on any atom is 0.214 e. The lowest BCUT2D eigenvalue weighted by molar-refractivity contribution is 0.310. The Kier molecular flexibility index (Phi) is 4.10. The maximum atomic E-state index is 11.7. The Morgan fingerprint density at radius 3 is 2.93 bits per heavy atom. The fourth-order valence-electron chi connectivity index (χ4n) is 1.51. The molecule has 1 heterocycles. The van der Waals surface area contributed by atoms with Crippen LogP contribution in [0.2, 0.25) is 0 Å². The number of nitrogens with zero attached hydrogens (tertiary/aromatic N) is 1. The molecule has 5 heteroatoms. The van der Waals surface area contributed by atoms with Crippen LogP contribution in [0.4, 0.5) is 0 Å².